The molecule has 1 aromatic heterocycles. The van der Waals surface area contributed by atoms with E-state index in [-0.39, 0.29) is 17.3 Å². The SMILES string of the molecule is O=[N+]([O-])c1ccccc1S(=O)(=O)NCCc1csc(-c2cccc(F)c2)n1. The van der Waals surface area contributed by atoms with Crippen molar-refractivity contribution in [3.63, 3.8) is 0 Å². The van der Waals surface area contributed by atoms with Gasteiger partial charge in [-0.3, -0.25) is 10.1 Å². The molecule has 0 spiro atoms. The third-order valence-corrected chi connectivity index (χ3v) is 6.10. The van der Waals surface area contributed by atoms with E-state index in [0.29, 0.717) is 22.7 Å². The van der Waals surface area contributed by atoms with Gasteiger partial charge in [0.1, 0.15) is 10.8 Å². The first-order valence-corrected chi connectivity index (χ1v) is 10.2. The van der Waals surface area contributed by atoms with Gasteiger partial charge in [-0.1, -0.05) is 24.3 Å². The second kappa shape index (κ2) is 7.91. The van der Waals surface area contributed by atoms with E-state index in [1.807, 2.05) is 0 Å². The van der Waals surface area contributed by atoms with Crippen molar-refractivity contribution in [2.45, 2.75) is 11.3 Å². The van der Waals surface area contributed by atoms with Crippen LogP contribution in [-0.4, -0.2) is 24.9 Å². The summed E-state index contributed by atoms with van der Waals surface area (Å²) in [5.74, 6) is -0.360. The molecule has 10 heteroatoms. The van der Waals surface area contributed by atoms with Crippen LogP contribution >= 0.6 is 11.3 Å². The van der Waals surface area contributed by atoms with Crippen molar-refractivity contribution in [3.8, 4) is 10.6 Å². The first-order valence-electron chi connectivity index (χ1n) is 7.80. The van der Waals surface area contributed by atoms with Crippen LogP contribution in [0.1, 0.15) is 5.69 Å². The number of sulfonamides is 1. The predicted molar refractivity (Wildman–Crippen MR) is 99.5 cm³/mol. The number of nitrogens with zero attached hydrogens (tertiary/aromatic N) is 2. The largest absolute Gasteiger partial charge is 0.289 e. The van der Waals surface area contributed by atoms with Crippen LogP contribution in [0.15, 0.2) is 58.8 Å². The van der Waals surface area contributed by atoms with Crippen molar-refractivity contribution >= 4 is 27.0 Å². The van der Waals surface area contributed by atoms with Crippen LogP contribution in [0.25, 0.3) is 10.6 Å². The van der Waals surface area contributed by atoms with Crippen molar-refractivity contribution in [3.05, 3.63) is 75.5 Å². The molecule has 1 N–H and O–H groups in total. The number of hydrogen-bond acceptors (Lipinski definition) is 6. The molecule has 0 aliphatic carbocycles. The van der Waals surface area contributed by atoms with Gasteiger partial charge in [0.05, 0.1) is 10.6 Å². The topological polar surface area (TPSA) is 102 Å². The number of nitro benzene ring substituents is 1. The normalized spacial score (nSPS) is 11.4. The Labute approximate surface area is 158 Å². The Bertz CT molecular complexity index is 1080. The van der Waals surface area contributed by atoms with E-state index < -0.39 is 20.6 Å². The number of nitro groups is 1. The molecule has 2 aromatic carbocycles. The second-order valence-corrected chi connectivity index (χ2v) is 8.12. The Hall–Kier alpha value is -2.69. The van der Waals surface area contributed by atoms with E-state index in [1.54, 1.807) is 17.5 Å². The second-order valence-electron chi connectivity index (χ2n) is 5.53. The Morgan fingerprint density at radius 2 is 1.96 bits per heavy atom. The van der Waals surface area contributed by atoms with Crippen molar-refractivity contribution in [2.75, 3.05) is 6.54 Å². The van der Waals surface area contributed by atoms with E-state index in [0.717, 1.165) is 6.07 Å². The van der Waals surface area contributed by atoms with Crippen molar-refractivity contribution in [1.82, 2.24) is 9.71 Å². The van der Waals surface area contributed by atoms with Gasteiger partial charge in [0.15, 0.2) is 4.90 Å². The third-order valence-electron chi connectivity index (χ3n) is 3.65. The molecule has 0 atom stereocenters. The fourth-order valence-corrected chi connectivity index (χ4v) is 4.46. The van der Waals surface area contributed by atoms with Crippen LogP contribution in [0.2, 0.25) is 0 Å². The van der Waals surface area contributed by atoms with Crippen molar-refractivity contribution in [1.29, 1.82) is 0 Å². The van der Waals surface area contributed by atoms with E-state index in [2.05, 4.69) is 9.71 Å². The van der Waals surface area contributed by atoms with Gasteiger partial charge in [-0.05, 0) is 18.2 Å². The summed E-state index contributed by atoms with van der Waals surface area (Å²) < 4.78 is 40.3. The maximum absolute atomic E-state index is 13.3. The minimum absolute atomic E-state index is 0.0285. The van der Waals surface area contributed by atoms with Gasteiger partial charge in [0.2, 0.25) is 10.0 Å². The summed E-state index contributed by atoms with van der Waals surface area (Å²) in [6.45, 7) is 0.0285. The van der Waals surface area contributed by atoms with Crippen molar-refractivity contribution < 1.29 is 17.7 Å². The molecule has 3 rings (SSSR count). The summed E-state index contributed by atoms with van der Waals surface area (Å²) in [4.78, 5) is 14.3. The summed E-state index contributed by atoms with van der Waals surface area (Å²) in [6.07, 6.45) is 0.297. The lowest BCUT2D eigenvalue weighted by Crippen LogP contribution is -2.26. The zero-order valence-electron chi connectivity index (χ0n) is 13.8. The molecule has 0 bridgehead atoms. The van der Waals surface area contributed by atoms with Crippen LogP contribution in [0.3, 0.4) is 0 Å². The molecule has 0 fully saturated rings. The smallest absolute Gasteiger partial charge is 0.258 e. The highest BCUT2D eigenvalue weighted by molar-refractivity contribution is 7.89. The number of benzene rings is 2. The van der Waals surface area contributed by atoms with Gasteiger partial charge < -0.3 is 0 Å². The lowest BCUT2D eigenvalue weighted by atomic mass is 10.2. The fraction of sp³-hybridized carbons (Fsp3) is 0.118. The molecule has 0 radical (unpaired) electrons. The molecule has 0 aliphatic heterocycles. The highest BCUT2D eigenvalue weighted by Crippen LogP contribution is 2.25. The molecule has 0 unspecified atom stereocenters. The number of nitrogens with one attached hydrogen (secondary N) is 1. The first-order chi connectivity index (χ1) is 12.9. The molecular weight excluding hydrogens is 393 g/mol. The van der Waals surface area contributed by atoms with Crippen LogP contribution in [0, 0.1) is 15.9 Å². The number of para-hydroxylation sites is 1. The number of hydrogen-bond donors (Lipinski definition) is 1. The molecule has 3 aromatic rings. The molecule has 27 heavy (non-hydrogen) atoms. The molecule has 1 heterocycles. The Kier molecular flexibility index (Phi) is 5.59. The molecule has 0 saturated heterocycles. The highest BCUT2D eigenvalue weighted by Gasteiger charge is 2.24. The lowest BCUT2D eigenvalue weighted by Gasteiger charge is -2.06. The molecule has 0 aliphatic rings. The minimum atomic E-state index is -4.02. The van der Waals surface area contributed by atoms with E-state index >= 15 is 0 Å². The van der Waals surface area contributed by atoms with Crippen LogP contribution in [0.4, 0.5) is 10.1 Å². The quantitative estimate of drug-likeness (QED) is 0.478. The Morgan fingerprint density at radius 1 is 1.19 bits per heavy atom. The summed E-state index contributed by atoms with van der Waals surface area (Å²) in [5, 5.41) is 13.4. The van der Waals surface area contributed by atoms with Crippen LogP contribution in [-0.2, 0) is 16.4 Å². The first kappa shape index (κ1) is 19.1. The Balaban J connectivity index is 1.67. The average Bonchev–Trinajstić information content (AvgIpc) is 3.10. The van der Waals surface area contributed by atoms with Gasteiger partial charge in [0, 0.05) is 30.0 Å². The zero-order valence-corrected chi connectivity index (χ0v) is 15.5. The van der Waals surface area contributed by atoms with Crippen LogP contribution in [0.5, 0.6) is 0 Å². The Morgan fingerprint density at radius 3 is 2.70 bits per heavy atom. The summed E-state index contributed by atoms with van der Waals surface area (Å²) in [5.41, 5.74) is 0.809. The molecule has 0 amide bonds. The van der Waals surface area contributed by atoms with Gasteiger partial charge in [-0.2, -0.15) is 0 Å². The summed E-state index contributed by atoms with van der Waals surface area (Å²) in [6, 6.07) is 11.2. The summed E-state index contributed by atoms with van der Waals surface area (Å²) >= 11 is 1.33. The van der Waals surface area contributed by atoms with Gasteiger partial charge in [-0.15, -0.1) is 11.3 Å². The average molecular weight is 407 g/mol. The van der Waals surface area contributed by atoms with Gasteiger partial charge in [0.25, 0.3) is 5.69 Å². The number of thiazole rings is 1. The maximum atomic E-state index is 13.3. The molecule has 0 saturated carbocycles. The van der Waals surface area contributed by atoms with Gasteiger partial charge in [-0.25, -0.2) is 22.5 Å². The van der Waals surface area contributed by atoms with E-state index in [4.69, 9.17) is 0 Å². The van der Waals surface area contributed by atoms with Gasteiger partial charge >= 0.3 is 0 Å². The number of halogens is 1. The summed E-state index contributed by atoms with van der Waals surface area (Å²) in [7, 11) is -4.02. The minimum Gasteiger partial charge on any atom is -0.258 e. The maximum Gasteiger partial charge on any atom is 0.289 e. The lowest BCUT2D eigenvalue weighted by molar-refractivity contribution is -0.387. The van der Waals surface area contributed by atoms with E-state index in [1.165, 1.54) is 41.7 Å². The molecule has 7 nitrogen and oxygen atoms in total. The number of rotatable bonds is 7. The third kappa shape index (κ3) is 4.54. The van der Waals surface area contributed by atoms with E-state index in [9.17, 15) is 22.9 Å². The highest BCUT2D eigenvalue weighted by atomic mass is 32.2. The monoisotopic (exact) mass is 407 g/mol. The predicted octanol–water partition coefficient (Wildman–Crippen LogP) is 3.38. The zero-order chi connectivity index (χ0) is 19.4. The molecule has 140 valence electrons. The standard InChI is InChI=1S/C17H14FN3O4S2/c18-13-5-3-4-12(10-13)17-20-14(11-26-17)8-9-19-27(24,25)16-7-2-1-6-15(16)21(22)23/h1-7,10-11,19H,8-9H2. The number of aromatic nitrogens is 1. The fourth-order valence-electron chi connectivity index (χ4n) is 2.40. The van der Waals surface area contributed by atoms with Crippen molar-refractivity contribution in [2.24, 2.45) is 0 Å². The molecular formula is C17H14FN3O4S2. The van der Waals surface area contributed by atoms with Crippen LogP contribution < -0.4 is 4.72 Å².